The summed E-state index contributed by atoms with van der Waals surface area (Å²) >= 11 is 12.5. The number of benzene rings is 1. The zero-order chi connectivity index (χ0) is 10.1. The van der Waals surface area contributed by atoms with Crippen molar-refractivity contribution in [3.63, 3.8) is 0 Å². The normalized spacial score (nSPS) is 10.4. The van der Waals surface area contributed by atoms with E-state index in [0.717, 1.165) is 20.2 Å². The lowest BCUT2D eigenvalue weighted by Gasteiger charge is -1.98. The van der Waals surface area contributed by atoms with Crippen molar-refractivity contribution in [2.75, 3.05) is 0 Å². The molecule has 1 aromatic carbocycles. The van der Waals surface area contributed by atoms with E-state index in [4.69, 9.17) is 23.8 Å². The highest BCUT2D eigenvalue weighted by Crippen LogP contribution is 2.26. The minimum atomic E-state index is 0.750. The van der Waals surface area contributed by atoms with Crippen LogP contribution in [0.25, 0.3) is 11.3 Å². The second-order valence-electron chi connectivity index (χ2n) is 2.95. The molecular weight excluding hydrogens is 234 g/mol. The second kappa shape index (κ2) is 3.85. The molecule has 0 fully saturated rings. The van der Waals surface area contributed by atoms with Crippen LogP contribution in [0.3, 0.4) is 0 Å². The Bertz CT molecular complexity index is 496. The van der Waals surface area contributed by atoms with E-state index in [2.05, 4.69) is 11.9 Å². The van der Waals surface area contributed by atoms with Crippen LogP contribution in [0.4, 0.5) is 0 Å². The van der Waals surface area contributed by atoms with Crippen molar-refractivity contribution in [2.45, 2.75) is 6.92 Å². The number of aromatic amines is 1. The standard InChI is InChI=1S/C10H8ClNS2/c1-6-9(12-10(13)14-6)7-2-4-8(11)5-3-7/h2-5H,1H3,(H,12,13). The van der Waals surface area contributed by atoms with Crippen LogP contribution in [0.15, 0.2) is 24.3 Å². The number of thiazole rings is 1. The Morgan fingerprint density at radius 2 is 1.93 bits per heavy atom. The predicted molar refractivity (Wildman–Crippen MR) is 64.7 cm³/mol. The molecule has 72 valence electrons. The molecule has 4 heteroatoms. The molecule has 1 nitrogen and oxygen atoms in total. The molecule has 0 amide bonds. The largest absolute Gasteiger partial charge is 0.337 e. The summed E-state index contributed by atoms with van der Waals surface area (Å²) in [5, 5.41) is 0.750. The van der Waals surface area contributed by atoms with Gasteiger partial charge in [0.05, 0.1) is 5.69 Å². The summed E-state index contributed by atoms with van der Waals surface area (Å²) < 4.78 is 0.812. The first-order valence-corrected chi connectivity index (χ1v) is 5.73. The fraction of sp³-hybridized carbons (Fsp3) is 0.100. The van der Waals surface area contributed by atoms with E-state index in [1.165, 1.54) is 4.88 Å². The van der Waals surface area contributed by atoms with Gasteiger partial charge in [0.25, 0.3) is 0 Å². The van der Waals surface area contributed by atoms with Gasteiger partial charge in [0.2, 0.25) is 0 Å². The van der Waals surface area contributed by atoms with Gasteiger partial charge < -0.3 is 4.98 Å². The Hall–Kier alpha value is -0.640. The van der Waals surface area contributed by atoms with E-state index >= 15 is 0 Å². The van der Waals surface area contributed by atoms with Gasteiger partial charge in [-0.25, -0.2) is 0 Å². The Labute approximate surface area is 96.4 Å². The topological polar surface area (TPSA) is 15.8 Å². The average Bonchev–Trinajstić information content (AvgIpc) is 2.47. The molecule has 1 aromatic heterocycles. The van der Waals surface area contributed by atoms with Crippen LogP contribution in [0.2, 0.25) is 5.02 Å². The van der Waals surface area contributed by atoms with Gasteiger partial charge in [-0.1, -0.05) is 23.7 Å². The lowest BCUT2D eigenvalue weighted by molar-refractivity contribution is 1.36. The monoisotopic (exact) mass is 241 g/mol. The maximum absolute atomic E-state index is 5.82. The molecule has 14 heavy (non-hydrogen) atoms. The molecule has 0 aliphatic heterocycles. The molecule has 1 N–H and O–H groups in total. The minimum absolute atomic E-state index is 0.750. The Balaban J connectivity index is 2.54. The smallest absolute Gasteiger partial charge is 0.159 e. The molecule has 1 heterocycles. The maximum atomic E-state index is 5.82. The average molecular weight is 242 g/mol. The van der Waals surface area contributed by atoms with Crippen LogP contribution in [0.1, 0.15) is 4.88 Å². The molecule has 2 aromatic rings. The zero-order valence-corrected chi connectivity index (χ0v) is 9.89. The fourth-order valence-corrected chi connectivity index (χ4v) is 2.60. The number of hydrogen-bond donors (Lipinski definition) is 1. The predicted octanol–water partition coefficient (Wildman–Crippen LogP) is 4.43. The molecular formula is C10H8ClNS2. The highest BCUT2D eigenvalue weighted by molar-refractivity contribution is 7.73. The van der Waals surface area contributed by atoms with Crippen molar-refractivity contribution in [1.29, 1.82) is 0 Å². The summed E-state index contributed by atoms with van der Waals surface area (Å²) in [6.07, 6.45) is 0. The molecule has 0 atom stereocenters. The van der Waals surface area contributed by atoms with Crippen LogP contribution in [-0.4, -0.2) is 4.98 Å². The Morgan fingerprint density at radius 1 is 1.29 bits per heavy atom. The van der Waals surface area contributed by atoms with Crippen molar-refractivity contribution in [2.24, 2.45) is 0 Å². The molecule has 0 aliphatic carbocycles. The first kappa shape index (κ1) is 9.90. The molecule has 0 radical (unpaired) electrons. The molecule has 0 spiro atoms. The Kier molecular flexibility index (Phi) is 2.72. The number of nitrogens with one attached hydrogen (secondary N) is 1. The van der Waals surface area contributed by atoms with Crippen LogP contribution >= 0.6 is 35.2 Å². The van der Waals surface area contributed by atoms with Crippen molar-refractivity contribution >= 4 is 35.2 Å². The molecule has 0 saturated carbocycles. The van der Waals surface area contributed by atoms with Gasteiger partial charge in [-0.15, -0.1) is 11.3 Å². The van der Waals surface area contributed by atoms with Crippen molar-refractivity contribution < 1.29 is 0 Å². The van der Waals surface area contributed by atoms with Crippen molar-refractivity contribution in [3.05, 3.63) is 38.1 Å². The van der Waals surface area contributed by atoms with E-state index in [1.807, 2.05) is 24.3 Å². The Morgan fingerprint density at radius 3 is 2.43 bits per heavy atom. The summed E-state index contributed by atoms with van der Waals surface area (Å²) in [5.74, 6) is 0. The summed E-state index contributed by atoms with van der Waals surface area (Å²) in [7, 11) is 0. The van der Waals surface area contributed by atoms with Crippen LogP contribution in [0, 0.1) is 10.9 Å². The van der Waals surface area contributed by atoms with Gasteiger partial charge in [-0.05, 0) is 36.8 Å². The highest BCUT2D eigenvalue weighted by atomic mass is 35.5. The number of aryl methyl sites for hydroxylation is 1. The molecule has 0 aliphatic rings. The van der Waals surface area contributed by atoms with Crippen LogP contribution in [-0.2, 0) is 0 Å². The molecule has 0 bridgehead atoms. The zero-order valence-electron chi connectivity index (χ0n) is 7.50. The number of halogens is 1. The van der Waals surface area contributed by atoms with Crippen molar-refractivity contribution in [1.82, 2.24) is 4.98 Å². The molecule has 2 rings (SSSR count). The van der Waals surface area contributed by atoms with Gasteiger partial charge >= 0.3 is 0 Å². The molecule has 0 unspecified atom stereocenters. The van der Waals surface area contributed by atoms with E-state index in [-0.39, 0.29) is 0 Å². The summed E-state index contributed by atoms with van der Waals surface area (Å²) in [6.45, 7) is 2.06. The van der Waals surface area contributed by atoms with Gasteiger partial charge in [0, 0.05) is 9.90 Å². The van der Waals surface area contributed by atoms with Crippen LogP contribution < -0.4 is 0 Å². The lowest BCUT2D eigenvalue weighted by atomic mass is 10.1. The SMILES string of the molecule is Cc1sc(=S)[nH]c1-c1ccc(Cl)cc1. The summed E-state index contributed by atoms with van der Waals surface area (Å²) in [4.78, 5) is 4.38. The first-order chi connectivity index (χ1) is 6.66. The first-order valence-electron chi connectivity index (χ1n) is 4.12. The van der Waals surface area contributed by atoms with Gasteiger partial charge in [-0.2, -0.15) is 0 Å². The van der Waals surface area contributed by atoms with Crippen molar-refractivity contribution in [3.8, 4) is 11.3 Å². The third-order valence-corrected chi connectivity index (χ3v) is 3.36. The minimum Gasteiger partial charge on any atom is -0.337 e. The maximum Gasteiger partial charge on any atom is 0.159 e. The number of hydrogen-bond acceptors (Lipinski definition) is 2. The third kappa shape index (κ3) is 1.90. The highest BCUT2D eigenvalue weighted by Gasteiger charge is 2.03. The summed E-state index contributed by atoms with van der Waals surface area (Å²) in [5.41, 5.74) is 2.22. The van der Waals surface area contributed by atoms with E-state index in [9.17, 15) is 0 Å². The second-order valence-corrected chi connectivity index (χ2v) is 5.28. The van der Waals surface area contributed by atoms with E-state index in [0.29, 0.717) is 0 Å². The third-order valence-electron chi connectivity index (χ3n) is 1.96. The number of H-pyrrole nitrogens is 1. The fourth-order valence-electron chi connectivity index (χ4n) is 1.30. The van der Waals surface area contributed by atoms with Crippen LogP contribution in [0.5, 0.6) is 0 Å². The summed E-state index contributed by atoms with van der Waals surface area (Å²) in [6, 6.07) is 7.74. The number of aromatic nitrogens is 1. The number of rotatable bonds is 1. The quantitative estimate of drug-likeness (QED) is 0.730. The van der Waals surface area contributed by atoms with E-state index < -0.39 is 0 Å². The lowest BCUT2D eigenvalue weighted by Crippen LogP contribution is -1.79. The van der Waals surface area contributed by atoms with Gasteiger partial charge in [0.15, 0.2) is 3.95 Å². The van der Waals surface area contributed by atoms with Gasteiger partial charge in [-0.3, -0.25) is 0 Å². The van der Waals surface area contributed by atoms with E-state index in [1.54, 1.807) is 11.3 Å². The molecule has 0 saturated heterocycles. The van der Waals surface area contributed by atoms with Gasteiger partial charge in [0.1, 0.15) is 0 Å².